The minimum atomic E-state index is -0.528. The second kappa shape index (κ2) is 12.1. The topological polar surface area (TPSA) is 88.4 Å². The smallest absolute Gasteiger partial charge is 0.337 e. The zero-order valence-corrected chi connectivity index (χ0v) is 17.3. The van der Waals surface area contributed by atoms with Crippen LogP contribution in [0, 0.1) is 11.3 Å². The number of nitrogens with zero attached hydrogens (tertiary/aromatic N) is 1. The van der Waals surface area contributed by atoms with Crippen LogP contribution in [0.1, 0.15) is 48.5 Å². The summed E-state index contributed by atoms with van der Waals surface area (Å²) < 4.78 is 10.3. The maximum absolute atomic E-state index is 12.4. The van der Waals surface area contributed by atoms with E-state index in [1.807, 2.05) is 18.2 Å². The van der Waals surface area contributed by atoms with E-state index < -0.39 is 11.9 Å². The molecule has 2 aromatic carbocycles. The van der Waals surface area contributed by atoms with E-state index in [0.29, 0.717) is 17.9 Å². The van der Waals surface area contributed by atoms with Crippen LogP contribution >= 0.6 is 0 Å². The van der Waals surface area contributed by atoms with Crippen molar-refractivity contribution in [2.75, 3.05) is 19.0 Å². The summed E-state index contributed by atoms with van der Waals surface area (Å²) >= 11 is 0. The van der Waals surface area contributed by atoms with Gasteiger partial charge in [-0.25, -0.2) is 4.79 Å². The van der Waals surface area contributed by atoms with Gasteiger partial charge in [0.1, 0.15) is 17.4 Å². The Labute approximate surface area is 177 Å². The van der Waals surface area contributed by atoms with E-state index in [1.165, 1.54) is 38.2 Å². The van der Waals surface area contributed by atoms with Crippen LogP contribution in [-0.4, -0.2) is 25.6 Å². The summed E-state index contributed by atoms with van der Waals surface area (Å²) in [5, 5.41) is 12.0. The summed E-state index contributed by atoms with van der Waals surface area (Å²) in [6, 6.07) is 15.4. The van der Waals surface area contributed by atoms with Gasteiger partial charge in [-0.1, -0.05) is 38.3 Å². The van der Waals surface area contributed by atoms with Crippen molar-refractivity contribution in [3.8, 4) is 11.8 Å². The third kappa shape index (κ3) is 7.10. The summed E-state index contributed by atoms with van der Waals surface area (Å²) in [5.74, 6) is -0.226. The van der Waals surface area contributed by atoms with Gasteiger partial charge >= 0.3 is 5.97 Å². The molecule has 0 aromatic heterocycles. The number of carbonyl (C=O) groups is 2. The summed E-state index contributed by atoms with van der Waals surface area (Å²) in [6.07, 6.45) is 6.09. The average molecular weight is 406 g/mol. The van der Waals surface area contributed by atoms with Crippen molar-refractivity contribution in [2.24, 2.45) is 0 Å². The lowest BCUT2D eigenvalue weighted by Crippen LogP contribution is -2.13. The number of esters is 1. The largest absolute Gasteiger partial charge is 0.494 e. The second-order valence-electron chi connectivity index (χ2n) is 6.67. The van der Waals surface area contributed by atoms with Crippen molar-refractivity contribution in [3.63, 3.8) is 0 Å². The first kappa shape index (κ1) is 22.7. The van der Waals surface area contributed by atoms with Gasteiger partial charge in [0.2, 0.25) is 0 Å². The van der Waals surface area contributed by atoms with Crippen LogP contribution in [0.15, 0.2) is 54.1 Å². The highest BCUT2D eigenvalue weighted by molar-refractivity contribution is 6.09. The molecule has 0 aliphatic carbocycles. The maximum atomic E-state index is 12.4. The monoisotopic (exact) mass is 406 g/mol. The number of methoxy groups -OCH3 is 1. The minimum absolute atomic E-state index is 0.0275. The molecule has 1 amide bonds. The van der Waals surface area contributed by atoms with Gasteiger partial charge in [-0.3, -0.25) is 4.79 Å². The zero-order chi connectivity index (χ0) is 21.8. The maximum Gasteiger partial charge on any atom is 0.337 e. The molecule has 2 rings (SSSR count). The molecular weight excluding hydrogens is 380 g/mol. The molecule has 1 N–H and O–H groups in total. The predicted molar refractivity (Wildman–Crippen MR) is 116 cm³/mol. The number of hydrogen-bond donors (Lipinski definition) is 1. The van der Waals surface area contributed by atoms with Gasteiger partial charge in [-0.05, 0) is 54.5 Å². The predicted octanol–water partition coefficient (Wildman–Crippen LogP) is 4.98. The first-order chi connectivity index (χ1) is 14.6. The Balaban J connectivity index is 1.96. The van der Waals surface area contributed by atoms with Crippen LogP contribution in [0.3, 0.4) is 0 Å². The molecule has 0 bridgehead atoms. The van der Waals surface area contributed by atoms with Gasteiger partial charge in [-0.15, -0.1) is 0 Å². The average Bonchev–Trinajstić information content (AvgIpc) is 2.78. The van der Waals surface area contributed by atoms with Crippen molar-refractivity contribution < 1.29 is 19.1 Å². The SMILES string of the molecule is CCCCCCOc1ccc(C=C(C#N)C(=O)Nc2ccc(C(=O)OC)cc2)cc1. The fourth-order valence-corrected chi connectivity index (χ4v) is 2.70. The van der Waals surface area contributed by atoms with Crippen molar-refractivity contribution >= 4 is 23.6 Å². The fourth-order valence-electron chi connectivity index (χ4n) is 2.70. The summed E-state index contributed by atoms with van der Waals surface area (Å²) in [5.41, 5.74) is 1.54. The number of amides is 1. The molecule has 0 spiro atoms. The molecule has 0 heterocycles. The number of nitrogens with one attached hydrogen (secondary N) is 1. The number of benzene rings is 2. The molecule has 0 saturated heterocycles. The van der Waals surface area contributed by atoms with Gasteiger partial charge in [-0.2, -0.15) is 5.26 Å². The Bertz CT molecular complexity index is 910. The first-order valence-electron chi connectivity index (χ1n) is 9.91. The molecule has 0 aliphatic rings. The molecule has 0 unspecified atom stereocenters. The van der Waals surface area contributed by atoms with Crippen LogP contribution in [0.5, 0.6) is 5.75 Å². The standard InChI is InChI=1S/C24H26N2O4/c1-3-4-5-6-15-30-22-13-7-18(8-14-22)16-20(17-25)23(27)26-21-11-9-19(10-12-21)24(28)29-2/h7-14,16H,3-6,15H2,1-2H3,(H,26,27). The van der Waals surface area contributed by atoms with E-state index >= 15 is 0 Å². The molecule has 6 nitrogen and oxygen atoms in total. The van der Waals surface area contributed by atoms with Crippen LogP contribution in [0.4, 0.5) is 5.69 Å². The molecule has 0 atom stereocenters. The fraction of sp³-hybridized carbons (Fsp3) is 0.292. The van der Waals surface area contributed by atoms with Crippen molar-refractivity contribution in [2.45, 2.75) is 32.6 Å². The van der Waals surface area contributed by atoms with Crippen LogP contribution in [0.2, 0.25) is 0 Å². The van der Waals surface area contributed by atoms with Gasteiger partial charge in [0.15, 0.2) is 0 Å². The van der Waals surface area contributed by atoms with E-state index in [9.17, 15) is 14.9 Å². The lowest BCUT2D eigenvalue weighted by atomic mass is 10.1. The molecule has 0 saturated carbocycles. The quantitative estimate of drug-likeness (QED) is 0.260. The summed E-state index contributed by atoms with van der Waals surface area (Å²) in [6.45, 7) is 2.85. The van der Waals surface area contributed by atoms with E-state index in [-0.39, 0.29) is 5.57 Å². The second-order valence-corrected chi connectivity index (χ2v) is 6.67. The number of carbonyl (C=O) groups excluding carboxylic acids is 2. The molecule has 2 aromatic rings. The zero-order valence-electron chi connectivity index (χ0n) is 17.3. The highest BCUT2D eigenvalue weighted by Crippen LogP contribution is 2.17. The highest BCUT2D eigenvalue weighted by atomic mass is 16.5. The Morgan fingerprint density at radius 2 is 1.73 bits per heavy atom. The molecule has 156 valence electrons. The van der Waals surface area contributed by atoms with Crippen LogP contribution < -0.4 is 10.1 Å². The number of rotatable bonds is 10. The van der Waals surface area contributed by atoms with Crippen LogP contribution in [-0.2, 0) is 9.53 Å². The Hall–Kier alpha value is -3.59. The Morgan fingerprint density at radius 3 is 2.33 bits per heavy atom. The number of unbranched alkanes of at least 4 members (excludes halogenated alkanes) is 3. The molecule has 30 heavy (non-hydrogen) atoms. The van der Waals surface area contributed by atoms with Gasteiger partial charge in [0, 0.05) is 5.69 Å². The van der Waals surface area contributed by atoms with Crippen molar-refractivity contribution in [1.29, 1.82) is 5.26 Å². The number of nitriles is 1. The third-order valence-corrected chi connectivity index (χ3v) is 4.39. The number of ether oxygens (including phenoxy) is 2. The van der Waals surface area contributed by atoms with Crippen molar-refractivity contribution in [3.05, 3.63) is 65.2 Å². The summed E-state index contributed by atoms with van der Waals surface area (Å²) in [4.78, 5) is 23.9. The summed E-state index contributed by atoms with van der Waals surface area (Å²) in [7, 11) is 1.30. The van der Waals surface area contributed by atoms with Gasteiger partial charge in [0.05, 0.1) is 19.3 Å². The molecule has 0 fully saturated rings. The van der Waals surface area contributed by atoms with E-state index in [2.05, 4.69) is 17.0 Å². The third-order valence-electron chi connectivity index (χ3n) is 4.39. The molecular formula is C24H26N2O4. The van der Waals surface area contributed by atoms with E-state index in [0.717, 1.165) is 24.2 Å². The lowest BCUT2D eigenvalue weighted by Gasteiger charge is -2.07. The molecule has 6 heteroatoms. The molecule has 0 radical (unpaired) electrons. The number of hydrogen-bond acceptors (Lipinski definition) is 5. The number of anilines is 1. The highest BCUT2D eigenvalue weighted by Gasteiger charge is 2.11. The van der Waals surface area contributed by atoms with Gasteiger partial charge in [0.25, 0.3) is 5.91 Å². The Morgan fingerprint density at radius 1 is 1.03 bits per heavy atom. The normalized spacial score (nSPS) is 10.8. The molecule has 0 aliphatic heterocycles. The van der Waals surface area contributed by atoms with Crippen molar-refractivity contribution in [1.82, 2.24) is 0 Å². The lowest BCUT2D eigenvalue weighted by molar-refractivity contribution is -0.112. The van der Waals surface area contributed by atoms with Crippen LogP contribution in [0.25, 0.3) is 6.08 Å². The van der Waals surface area contributed by atoms with E-state index in [4.69, 9.17) is 4.74 Å². The first-order valence-corrected chi connectivity index (χ1v) is 9.91. The minimum Gasteiger partial charge on any atom is -0.494 e. The Kier molecular flexibility index (Phi) is 9.14. The van der Waals surface area contributed by atoms with E-state index in [1.54, 1.807) is 24.3 Å². The van der Waals surface area contributed by atoms with Gasteiger partial charge < -0.3 is 14.8 Å².